The first-order valence-electron chi connectivity index (χ1n) is 5.84. The number of aryl methyl sites for hydroxylation is 1. The van der Waals surface area contributed by atoms with Gasteiger partial charge in [-0.25, -0.2) is 4.79 Å². The molecule has 0 bridgehead atoms. The summed E-state index contributed by atoms with van der Waals surface area (Å²) in [5, 5.41) is 5.30. The Kier molecular flexibility index (Phi) is 2.40. The van der Waals surface area contributed by atoms with E-state index in [1.54, 1.807) is 4.68 Å². The lowest BCUT2D eigenvalue weighted by atomic mass is 10.2. The smallest absolute Gasteiger partial charge is 0.406 e. The molecule has 2 aromatic rings. The van der Waals surface area contributed by atoms with Crippen molar-refractivity contribution >= 4 is 11.1 Å². The van der Waals surface area contributed by atoms with Gasteiger partial charge in [-0.05, 0) is 18.6 Å². The van der Waals surface area contributed by atoms with Gasteiger partial charge in [-0.15, -0.1) is 0 Å². The number of hydrogen-bond acceptors (Lipinski definition) is 4. The van der Waals surface area contributed by atoms with Crippen LogP contribution in [-0.2, 0) is 0 Å². The molecule has 1 aliphatic rings. The molecule has 17 heavy (non-hydrogen) atoms. The molecule has 5 heteroatoms. The van der Waals surface area contributed by atoms with Crippen molar-refractivity contribution in [3.8, 4) is 0 Å². The number of nitrogens with zero attached hydrogens (tertiary/aromatic N) is 2. The minimum Gasteiger partial charge on any atom is -0.406 e. The molecule has 1 aromatic carbocycles. The number of para-hydroxylation sites is 1. The molecule has 2 heterocycles. The first kappa shape index (κ1) is 10.4. The Balaban J connectivity index is 2.18. The van der Waals surface area contributed by atoms with Crippen LogP contribution in [0.5, 0.6) is 0 Å². The zero-order valence-corrected chi connectivity index (χ0v) is 9.77. The summed E-state index contributed by atoms with van der Waals surface area (Å²) in [6.07, 6.45) is 0. The zero-order chi connectivity index (χ0) is 11.8. The van der Waals surface area contributed by atoms with Crippen molar-refractivity contribution in [2.45, 2.75) is 6.92 Å². The fraction of sp³-hybridized carbons (Fsp3) is 0.417. The second kappa shape index (κ2) is 3.92. The van der Waals surface area contributed by atoms with Gasteiger partial charge in [0.05, 0.1) is 0 Å². The average Bonchev–Trinajstić information content (AvgIpc) is 2.68. The highest BCUT2D eigenvalue weighted by atomic mass is 16.4. The molecular weight excluding hydrogens is 218 g/mol. The standard InChI is InChI=1S/C12H15N3O2/c1-9-3-2-4-10-11(9)17-12(16)15(10)14-7-5-13-6-8-14/h2-4,13H,5-8H2,1H3. The first-order valence-corrected chi connectivity index (χ1v) is 5.84. The molecule has 0 unspecified atom stereocenters. The fourth-order valence-corrected chi connectivity index (χ4v) is 2.29. The SMILES string of the molecule is Cc1cccc2c1oc(=O)n2N1CCNCC1. The van der Waals surface area contributed by atoms with Gasteiger partial charge in [0.25, 0.3) is 0 Å². The maximum absolute atomic E-state index is 11.9. The molecule has 0 radical (unpaired) electrons. The number of nitrogens with one attached hydrogen (secondary N) is 1. The highest BCUT2D eigenvalue weighted by Gasteiger charge is 2.18. The Morgan fingerprint density at radius 1 is 1.29 bits per heavy atom. The third-order valence-corrected chi connectivity index (χ3v) is 3.16. The zero-order valence-electron chi connectivity index (χ0n) is 9.77. The molecule has 1 aliphatic heterocycles. The summed E-state index contributed by atoms with van der Waals surface area (Å²) in [6, 6.07) is 5.83. The molecule has 5 nitrogen and oxygen atoms in total. The average molecular weight is 233 g/mol. The lowest BCUT2D eigenvalue weighted by Gasteiger charge is -2.29. The quantitative estimate of drug-likeness (QED) is 0.776. The Morgan fingerprint density at radius 2 is 2.06 bits per heavy atom. The van der Waals surface area contributed by atoms with Crippen LogP contribution in [0, 0.1) is 6.92 Å². The Labute approximate surface area is 98.6 Å². The lowest BCUT2D eigenvalue weighted by Crippen LogP contribution is -2.51. The summed E-state index contributed by atoms with van der Waals surface area (Å²) in [5.41, 5.74) is 2.54. The minimum absolute atomic E-state index is 0.295. The van der Waals surface area contributed by atoms with Crippen molar-refractivity contribution in [1.29, 1.82) is 0 Å². The topological polar surface area (TPSA) is 50.4 Å². The molecule has 1 saturated heterocycles. The fourth-order valence-electron chi connectivity index (χ4n) is 2.29. The third-order valence-electron chi connectivity index (χ3n) is 3.16. The van der Waals surface area contributed by atoms with Gasteiger partial charge in [0, 0.05) is 26.2 Å². The Morgan fingerprint density at radius 3 is 2.82 bits per heavy atom. The Bertz CT molecular complexity index is 593. The van der Waals surface area contributed by atoms with Crippen LogP contribution in [0.25, 0.3) is 11.1 Å². The summed E-state index contributed by atoms with van der Waals surface area (Å²) in [4.78, 5) is 11.9. The van der Waals surface area contributed by atoms with E-state index >= 15 is 0 Å². The molecule has 1 aromatic heterocycles. The predicted octanol–water partition coefficient (Wildman–Crippen LogP) is 0.444. The van der Waals surface area contributed by atoms with Crippen LogP contribution in [0.2, 0.25) is 0 Å². The molecule has 0 spiro atoms. The van der Waals surface area contributed by atoms with Crippen LogP contribution >= 0.6 is 0 Å². The second-order valence-electron chi connectivity index (χ2n) is 4.31. The summed E-state index contributed by atoms with van der Waals surface area (Å²) < 4.78 is 6.98. The van der Waals surface area contributed by atoms with Gasteiger partial charge >= 0.3 is 5.76 Å². The van der Waals surface area contributed by atoms with Crippen LogP contribution in [0.15, 0.2) is 27.4 Å². The first-order chi connectivity index (χ1) is 8.27. The summed E-state index contributed by atoms with van der Waals surface area (Å²) in [7, 11) is 0. The molecule has 0 atom stereocenters. The number of oxazole rings is 1. The van der Waals surface area contributed by atoms with Crippen LogP contribution in [-0.4, -0.2) is 30.9 Å². The molecule has 0 aliphatic carbocycles. The van der Waals surface area contributed by atoms with Gasteiger partial charge in [-0.3, -0.25) is 0 Å². The van der Waals surface area contributed by atoms with E-state index in [0.29, 0.717) is 5.58 Å². The van der Waals surface area contributed by atoms with Crippen molar-refractivity contribution < 1.29 is 4.42 Å². The molecule has 0 saturated carbocycles. The maximum atomic E-state index is 11.9. The largest absolute Gasteiger partial charge is 0.438 e. The summed E-state index contributed by atoms with van der Waals surface area (Å²) in [6.45, 7) is 5.38. The monoisotopic (exact) mass is 233 g/mol. The number of benzene rings is 1. The van der Waals surface area contributed by atoms with Crippen molar-refractivity contribution in [3.63, 3.8) is 0 Å². The highest BCUT2D eigenvalue weighted by Crippen LogP contribution is 2.17. The molecule has 1 N–H and O–H groups in total. The van der Waals surface area contributed by atoms with Crippen LogP contribution < -0.4 is 16.1 Å². The van der Waals surface area contributed by atoms with Crippen molar-refractivity contribution in [2.75, 3.05) is 31.2 Å². The van der Waals surface area contributed by atoms with Crippen LogP contribution in [0.3, 0.4) is 0 Å². The summed E-state index contributed by atoms with van der Waals surface area (Å²) in [5.74, 6) is -0.295. The predicted molar refractivity (Wildman–Crippen MR) is 66.0 cm³/mol. The molecule has 90 valence electrons. The minimum atomic E-state index is -0.295. The van der Waals surface area contributed by atoms with Gasteiger partial charge < -0.3 is 14.7 Å². The molecule has 1 fully saturated rings. The van der Waals surface area contributed by atoms with Gasteiger partial charge in [0.2, 0.25) is 0 Å². The Hall–Kier alpha value is -1.75. The van der Waals surface area contributed by atoms with Crippen molar-refractivity contribution in [2.24, 2.45) is 0 Å². The highest BCUT2D eigenvalue weighted by molar-refractivity contribution is 5.76. The third kappa shape index (κ3) is 1.63. The van der Waals surface area contributed by atoms with E-state index in [2.05, 4.69) is 5.32 Å². The number of aromatic nitrogens is 1. The van der Waals surface area contributed by atoms with Gasteiger partial charge in [0.1, 0.15) is 5.52 Å². The normalized spacial score (nSPS) is 16.6. The number of hydrogen-bond donors (Lipinski definition) is 1. The van der Waals surface area contributed by atoms with Crippen LogP contribution in [0.4, 0.5) is 0 Å². The van der Waals surface area contributed by atoms with Gasteiger partial charge in [0.15, 0.2) is 5.58 Å². The second-order valence-corrected chi connectivity index (χ2v) is 4.31. The van der Waals surface area contributed by atoms with E-state index in [0.717, 1.165) is 37.3 Å². The van der Waals surface area contributed by atoms with Crippen molar-refractivity contribution in [1.82, 2.24) is 9.99 Å². The van der Waals surface area contributed by atoms with Gasteiger partial charge in [-0.1, -0.05) is 12.1 Å². The van der Waals surface area contributed by atoms with E-state index in [1.807, 2.05) is 30.1 Å². The van der Waals surface area contributed by atoms with E-state index < -0.39 is 0 Å². The number of fused-ring (bicyclic) bond motifs is 1. The molecular formula is C12H15N3O2. The molecule has 0 amide bonds. The van der Waals surface area contributed by atoms with Crippen molar-refractivity contribution in [3.05, 3.63) is 34.3 Å². The van der Waals surface area contributed by atoms with E-state index in [1.165, 1.54) is 0 Å². The number of rotatable bonds is 1. The number of piperazine rings is 1. The summed E-state index contributed by atoms with van der Waals surface area (Å²) >= 11 is 0. The van der Waals surface area contributed by atoms with E-state index in [9.17, 15) is 4.79 Å². The van der Waals surface area contributed by atoms with Gasteiger partial charge in [-0.2, -0.15) is 4.68 Å². The van der Waals surface area contributed by atoms with Crippen LogP contribution in [0.1, 0.15) is 5.56 Å². The van der Waals surface area contributed by atoms with E-state index in [4.69, 9.17) is 4.42 Å². The lowest BCUT2D eigenvalue weighted by molar-refractivity contribution is 0.446. The molecule has 3 rings (SSSR count). The maximum Gasteiger partial charge on any atom is 0.438 e. The van der Waals surface area contributed by atoms with E-state index in [-0.39, 0.29) is 5.76 Å².